The van der Waals surface area contributed by atoms with Crippen LogP contribution in [0.3, 0.4) is 0 Å². The minimum atomic E-state index is -3.70. The van der Waals surface area contributed by atoms with E-state index in [1.807, 2.05) is 0 Å². The van der Waals surface area contributed by atoms with Crippen molar-refractivity contribution in [2.75, 3.05) is 33.4 Å². The first-order valence-corrected chi connectivity index (χ1v) is 6.84. The molecule has 1 rings (SSSR count). The number of aromatic nitrogens is 1. The molecule has 8 heteroatoms. The predicted molar refractivity (Wildman–Crippen MR) is 64.1 cm³/mol. The van der Waals surface area contributed by atoms with Gasteiger partial charge in [-0.05, 0) is 6.07 Å². The Labute approximate surface area is 106 Å². The van der Waals surface area contributed by atoms with Gasteiger partial charge in [0.2, 0.25) is 10.0 Å². The summed E-state index contributed by atoms with van der Waals surface area (Å²) in [4.78, 5) is 3.31. The minimum Gasteiger partial charge on any atom is -0.383 e. The molecule has 1 aromatic rings. The minimum absolute atomic E-state index is 0.181. The van der Waals surface area contributed by atoms with Crippen LogP contribution in [-0.2, 0) is 14.8 Å². The summed E-state index contributed by atoms with van der Waals surface area (Å²) in [6.07, 6.45) is 2.05. The van der Waals surface area contributed by atoms with Crippen LogP contribution in [-0.4, -0.2) is 46.8 Å². The van der Waals surface area contributed by atoms with Crippen LogP contribution in [0.4, 0.5) is 4.39 Å². The summed E-state index contributed by atoms with van der Waals surface area (Å²) in [6, 6.07) is 0.924. The van der Waals surface area contributed by atoms with Crippen LogP contribution in [0.2, 0.25) is 0 Å². The van der Waals surface area contributed by atoms with Crippen molar-refractivity contribution in [3.63, 3.8) is 0 Å². The van der Waals surface area contributed by atoms with Crippen molar-refractivity contribution < 1.29 is 17.5 Å². The highest BCUT2D eigenvalue weighted by Gasteiger charge is 2.14. The number of halogens is 1. The van der Waals surface area contributed by atoms with Crippen molar-refractivity contribution in [3.8, 4) is 0 Å². The normalized spacial score (nSPS) is 11.7. The van der Waals surface area contributed by atoms with Crippen LogP contribution in [0.25, 0.3) is 0 Å². The summed E-state index contributed by atoms with van der Waals surface area (Å²) in [7, 11) is -2.11. The van der Waals surface area contributed by atoms with E-state index in [2.05, 4.69) is 15.0 Å². The molecule has 6 nitrogen and oxygen atoms in total. The number of ether oxygens (including phenoxy) is 1. The second-order valence-electron chi connectivity index (χ2n) is 3.48. The molecule has 1 heterocycles. The lowest BCUT2D eigenvalue weighted by Crippen LogP contribution is -2.33. The molecule has 0 bridgehead atoms. The van der Waals surface area contributed by atoms with E-state index in [0.717, 1.165) is 18.5 Å². The van der Waals surface area contributed by atoms with Crippen LogP contribution < -0.4 is 10.0 Å². The Bertz CT molecular complexity index is 467. The highest BCUT2D eigenvalue weighted by molar-refractivity contribution is 7.89. The van der Waals surface area contributed by atoms with Gasteiger partial charge in [-0.1, -0.05) is 0 Å². The molecule has 0 saturated heterocycles. The maximum absolute atomic E-state index is 12.8. The molecular weight excluding hydrogens is 261 g/mol. The van der Waals surface area contributed by atoms with Gasteiger partial charge in [-0.3, -0.25) is 4.98 Å². The van der Waals surface area contributed by atoms with Gasteiger partial charge in [0.15, 0.2) is 0 Å². The molecule has 0 aromatic carbocycles. The quantitative estimate of drug-likeness (QED) is 0.640. The number of rotatable bonds is 8. The van der Waals surface area contributed by atoms with Crippen LogP contribution in [0.15, 0.2) is 23.4 Å². The molecule has 1 aromatic heterocycles. The molecule has 0 aliphatic heterocycles. The predicted octanol–water partition coefficient (Wildman–Crippen LogP) is -0.265. The van der Waals surface area contributed by atoms with E-state index in [0.29, 0.717) is 19.7 Å². The Morgan fingerprint density at radius 3 is 2.78 bits per heavy atom. The van der Waals surface area contributed by atoms with Crippen molar-refractivity contribution in [2.24, 2.45) is 0 Å². The lowest BCUT2D eigenvalue weighted by molar-refractivity contribution is 0.199. The number of methoxy groups -OCH3 is 1. The summed E-state index contributed by atoms with van der Waals surface area (Å²) in [5.74, 6) is -0.684. The molecule has 0 atom stereocenters. The monoisotopic (exact) mass is 277 g/mol. The molecule has 18 heavy (non-hydrogen) atoms. The van der Waals surface area contributed by atoms with Crippen molar-refractivity contribution in [2.45, 2.75) is 4.90 Å². The molecule has 0 aliphatic rings. The van der Waals surface area contributed by atoms with Crippen molar-refractivity contribution in [1.82, 2.24) is 15.0 Å². The number of nitrogens with one attached hydrogen (secondary N) is 2. The Hall–Kier alpha value is -1.09. The number of hydrogen-bond donors (Lipinski definition) is 2. The highest BCUT2D eigenvalue weighted by Crippen LogP contribution is 2.07. The second-order valence-corrected chi connectivity index (χ2v) is 5.25. The average molecular weight is 277 g/mol. The molecule has 102 valence electrons. The zero-order valence-electron chi connectivity index (χ0n) is 10.0. The van der Waals surface area contributed by atoms with Crippen LogP contribution in [0, 0.1) is 5.82 Å². The Morgan fingerprint density at radius 1 is 1.33 bits per heavy atom. The molecule has 0 radical (unpaired) electrons. The van der Waals surface area contributed by atoms with Crippen molar-refractivity contribution in [1.29, 1.82) is 0 Å². The van der Waals surface area contributed by atoms with Crippen LogP contribution >= 0.6 is 0 Å². The fourth-order valence-electron chi connectivity index (χ4n) is 1.20. The summed E-state index contributed by atoms with van der Waals surface area (Å²) >= 11 is 0. The molecule has 0 spiro atoms. The summed E-state index contributed by atoms with van der Waals surface area (Å²) in [6.45, 7) is 1.87. The molecule has 0 amide bonds. The lowest BCUT2D eigenvalue weighted by atomic mass is 10.5. The molecule has 0 aliphatic carbocycles. The van der Waals surface area contributed by atoms with Gasteiger partial charge >= 0.3 is 0 Å². The number of hydrogen-bond acceptors (Lipinski definition) is 5. The van der Waals surface area contributed by atoms with E-state index >= 15 is 0 Å². The SMILES string of the molecule is COCCNCCNS(=O)(=O)c1cncc(F)c1. The molecule has 0 fully saturated rings. The van der Waals surface area contributed by atoms with Gasteiger partial charge in [0.1, 0.15) is 10.7 Å². The first kappa shape index (κ1) is 15.0. The zero-order chi connectivity index (χ0) is 13.4. The maximum atomic E-state index is 12.8. The standard InChI is InChI=1S/C10H16FN3O3S/c1-17-5-4-12-2-3-14-18(15,16)10-6-9(11)7-13-8-10/h6-8,12,14H,2-5H2,1H3. The van der Waals surface area contributed by atoms with E-state index < -0.39 is 15.8 Å². The number of sulfonamides is 1. The summed E-state index contributed by atoms with van der Waals surface area (Å²) in [5, 5.41) is 2.98. The van der Waals surface area contributed by atoms with Gasteiger partial charge in [-0.15, -0.1) is 0 Å². The largest absolute Gasteiger partial charge is 0.383 e. The van der Waals surface area contributed by atoms with Gasteiger partial charge in [0.25, 0.3) is 0 Å². The number of nitrogens with zero attached hydrogens (tertiary/aromatic N) is 1. The van der Waals surface area contributed by atoms with Gasteiger partial charge in [-0.2, -0.15) is 0 Å². The maximum Gasteiger partial charge on any atom is 0.242 e. The van der Waals surface area contributed by atoms with E-state index in [-0.39, 0.29) is 11.4 Å². The van der Waals surface area contributed by atoms with Crippen LogP contribution in [0.5, 0.6) is 0 Å². The van der Waals surface area contributed by atoms with Crippen LogP contribution in [0.1, 0.15) is 0 Å². The highest BCUT2D eigenvalue weighted by atomic mass is 32.2. The molecule has 0 unspecified atom stereocenters. The van der Waals surface area contributed by atoms with Gasteiger partial charge in [-0.25, -0.2) is 17.5 Å². The Kier molecular flexibility index (Phi) is 6.13. The summed E-state index contributed by atoms with van der Waals surface area (Å²) in [5.41, 5.74) is 0. The molecular formula is C10H16FN3O3S. The smallest absolute Gasteiger partial charge is 0.242 e. The van der Waals surface area contributed by atoms with Crippen molar-refractivity contribution >= 4 is 10.0 Å². The Morgan fingerprint density at radius 2 is 2.11 bits per heavy atom. The topological polar surface area (TPSA) is 80.3 Å². The third-order valence-electron chi connectivity index (χ3n) is 2.07. The lowest BCUT2D eigenvalue weighted by Gasteiger charge is -2.07. The van der Waals surface area contributed by atoms with E-state index in [1.165, 1.54) is 0 Å². The molecule has 0 saturated carbocycles. The average Bonchev–Trinajstić information content (AvgIpc) is 2.33. The Balaban J connectivity index is 2.41. The third-order valence-corrected chi connectivity index (χ3v) is 3.49. The first-order valence-electron chi connectivity index (χ1n) is 5.36. The van der Waals surface area contributed by atoms with Crippen molar-refractivity contribution in [3.05, 3.63) is 24.3 Å². The van der Waals surface area contributed by atoms with Gasteiger partial charge in [0, 0.05) is 32.9 Å². The molecule has 2 N–H and O–H groups in total. The summed E-state index contributed by atoms with van der Waals surface area (Å²) < 4.78 is 43.4. The van der Waals surface area contributed by atoms with Gasteiger partial charge in [0.05, 0.1) is 12.8 Å². The number of pyridine rings is 1. The zero-order valence-corrected chi connectivity index (χ0v) is 10.8. The fraction of sp³-hybridized carbons (Fsp3) is 0.500. The third kappa shape index (κ3) is 5.05. The van der Waals surface area contributed by atoms with Gasteiger partial charge < -0.3 is 10.1 Å². The van der Waals surface area contributed by atoms with E-state index in [9.17, 15) is 12.8 Å². The second kappa shape index (κ2) is 7.37. The first-order chi connectivity index (χ1) is 8.56. The van der Waals surface area contributed by atoms with E-state index in [4.69, 9.17) is 4.74 Å². The van der Waals surface area contributed by atoms with E-state index in [1.54, 1.807) is 7.11 Å². The fourth-order valence-corrected chi connectivity index (χ4v) is 2.20.